The van der Waals surface area contributed by atoms with Crippen molar-refractivity contribution < 1.29 is 37.6 Å². The van der Waals surface area contributed by atoms with Crippen LogP contribution in [0.5, 0.6) is 0 Å². The van der Waals surface area contributed by atoms with Crippen LogP contribution in [0.15, 0.2) is 48.6 Å². The molecule has 3 N–H and O–H groups in total. The van der Waals surface area contributed by atoms with Crippen LogP contribution in [0.25, 0.3) is 0 Å². The van der Waals surface area contributed by atoms with Gasteiger partial charge < -0.3 is 20.1 Å². The largest absolute Gasteiger partial charge is 0.472 e. The van der Waals surface area contributed by atoms with Gasteiger partial charge >= 0.3 is 19.8 Å². The molecule has 0 heterocycles. The number of phosphoric ester groups is 1. The van der Waals surface area contributed by atoms with E-state index in [1.165, 1.54) is 340 Å². The lowest BCUT2D eigenvalue weighted by atomic mass is 10.0. The van der Waals surface area contributed by atoms with Crippen LogP contribution < -0.4 is 5.73 Å². The summed E-state index contributed by atoms with van der Waals surface area (Å²) in [6.45, 7) is 3.72. The number of unbranched alkanes of at least 4 members (excludes halogenated alkanes) is 57. The van der Waals surface area contributed by atoms with E-state index in [0.29, 0.717) is 6.42 Å². The predicted octanol–water partition coefficient (Wildman–Crippen LogP) is 27.2. The van der Waals surface area contributed by atoms with E-state index >= 15 is 0 Å². The Balaban J connectivity index is 3.74. The molecule has 10 heteroatoms. The molecular weight excluding hydrogens is 1160 g/mol. The van der Waals surface area contributed by atoms with E-state index in [1.807, 2.05) is 0 Å². The number of carbonyl (C=O) groups is 2. The van der Waals surface area contributed by atoms with Gasteiger partial charge in [0.25, 0.3) is 0 Å². The van der Waals surface area contributed by atoms with Gasteiger partial charge in [-0.05, 0) is 51.4 Å². The number of phosphoric acid groups is 1. The van der Waals surface area contributed by atoms with E-state index in [1.54, 1.807) is 0 Å². The average Bonchev–Trinajstić information content (AvgIpc) is 3.01. The Bertz CT molecular complexity index is 1650. The lowest BCUT2D eigenvalue weighted by Crippen LogP contribution is -2.29. The molecule has 0 spiro atoms. The van der Waals surface area contributed by atoms with Crippen molar-refractivity contribution in [1.82, 2.24) is 0 Å². The molecule has 0 aliphatic heterocycles. The number of allylic oxidation sites excluding steroid dienone is 8. The van der Waals surface area contributed by atoms with Crippen molar-refractivity contribution >= 4 is 19.8 Å². The number of rotatable bonds is 78. The quantitative estimate of drug-likeness (QED) is 0.0264. The van der Waals surface area contributed by atoms with E-state index in [9.17, 15) is 19.0 Å². The molecule has 0 aromatic heterocycles. The summed E-state index contributed by atoms with van der Waals surface area (Å²) < 4.78 is 33.3. The van der Waals surface area contributed by atoms with E-state index < -0.39 is 26.5 Å². The van der Waals surface area contributed by atoms with Gasteiger partial charge in [-0.25, -0.2) is 4.57 Å². The molecule has 0 amide bonds. The first kappa shape index (κ1) is 90.0. The minimum atomic E-state index is -4.39. The Labute approximate surface area is 572 Å². The van der Waals surface area contributed by atoms with E-state index in [2.05, 4.69) is 62.5 Å². The van der Waals surface area contributed by atoms with Crippen molar-refractivity contribution in [2.75, 3.05) is 26.4 Å². The zero-order valence-electron chi connectivity index (χ0n) is 61.3. The second kappa shape index (κ2) is 78.0. The number of nitrogens with two attached hydrogens (primary N) is 1. The van der Waals surface area contributed by atoms with Gasteiger partial charge in [-0.1, -0.05) is 416 Å². The lowest BCUT2D eigenvalue weighted by molar-refractivity contribution is -0.161. The number of hydrogen-bond acceptors (Lipinski definition) is 8. The summed E-state index contributed by atoms with van der Waals surface area (Å²) in [6.07, 6.45) is 101. The third-order valence-corrected chi connectivity index (χ3v) is 19.5. The normalized spacial score (nSPS) is 13.0. The Morgan fingerprint density at radius 1 is 0.337 bits per heavy atom. The van der Waals surface area contributed by atoms with E-state index in [0.717, 1.165) is 57.8 Å². The summed E-state index contributed by atoms with van der Waals surface area (Å²) in [6, 6.07) is 0. The topological polar surface area (TPSA) is 134 Å². The smallest absolute Gasteiger partial charge is 0.462 e. The summed E-state index contributed by atoms with van der Waals surface area (Å²) in [5.74, 6) is -0.800. The molecular formula is C82H156NO8P. The fourth-order valence-corrected chi connectivity index (χ4v) is 13.3. The number of ether oxygens (including phenoxy) is 2. The molecule has 0 aromatic carbocycles. The Kier molecular flexibility index (Phi) is 76.3. The predicted molar refractivity (Wildman–Crippen MR) is 400 cm³/mol. The fourth-order valence-electron chi connectivity index (χ4n) is 12.5. The van der Waals surface area contributed by atoms with Crippen LogP contribution in [-0.2, 0) is 32.7 Å². The van der Waals surface area contributed by atoms with Crippen molar-refractivity contribution in [2.24, 2.45) is 5.73 Å². The van der Waals surface area contributed by atoms with Gasteiger partial charge in [0.15, 0.2) is 6.10 Å². The standard InChI is InChI=1S/C82H156NO8P/c1-3-5-7-9-11-13-15-17-19-21-23-25-27-29-31-33-35-37-39-40-41-43-45-47-49-51-53-55-57-59-61-63-65-67-69-71-73-75-82(85)91-80(79-90-92(86,87)89-77-76-83)78-88-81(84)74-72-70-68-66-64-62-60-58-56-54-52-50-48-46-44-42-38-36-34-32-30-28-26-24-22-20-18-16-14-12-10-8-6-4-2/h5,7,11,13,17,19,23,25,80H,3-4,6,8-10,12,14-16,18,20-22,24,26-79,83H2,1-2H3,(H,86,87)/b7-5-,13-11-,19-17-,25-23-. The van der Waals surface area contributed by atoms with Crippen LogP contribution in [0, 0.1) is 0 Å². The maximum Gasteiger partial charge on any atom is 0.472 e. The fraction of sp³-hybridized carbons (Fsp3) is 0.878. The molecule has 2 atom stereocenters. The summed E-state index contributed by atoms with van der Waals surface area (Å²) in [4.78, 5) is 35.5. The van der Waals surface area contributed by atoms with E-state index in [4.69, 9.17) is 24.3 Å². The molecule has 0 saturated carbocycles. The van der Waals surface area contributed by atoms with Crippen LogP contribution in [0.2, 0.25) is 0 Å². The Morgan fingerprint density at radius 3 is 0.891 bits per heavy atom. The number of esters is 2. The van der Waals surface area contributed by atoms with Gasteiger partial charge in [0.05, 0.1) is 13.2 Å². The second-order valence-electron chi connectivity index (χ2n) is 27.6. The molecule has 0 rings (SSSR count). The highest BCUT2D eigenvalue weighted by Crippen LogP contribution is 2.43. The summed E-state index contributed by atoms with van der Waals surface area (Å²) in [5, 5.41) is 0. The minimum absolute atomic E-state index is 0.0566. The van der Waals surface area contributed by atoms with Gasteiger partial charge in [-0.15, -0.1) is 0 Å². The van der Waals surface area contributed by atoms with Gasteiger partial charge in [-0.2, -0.15) is 0 Å². The highest BCUT2D eigenvalue weighted by Gasteiger charge is 2.26. The molecule has 0 aliphatic rings. The summed E-state index contributed by atoms with van der Waals surface area (Å²) >= 11 is 0. The minimum Gasteiger partial charge on any atom is -0.462 e. The molecule has 542 valence electrons. The van der Waals surface area contributed by atoms with Crippen LogP contribution in [-0.4, -0.2) is 49.3 Å². The Hall–Kier alpha value is -2.03. The second-order valence-corrected chi connectivity index (χ2v) is 29.1. The molecule has 0 bridgehead atoms. The van der Waals surface area contributed by atoms with Gasteiger partial charge in [0, 0.05) is 19.4 Å². The Morgan fingerprint density at radius 2 is 0.598 bits per heavy atom. The highest BCUT2D eigenvalue weighted by atomic mass is 31.2. The van der Waals surface area contributed by atoms with Crippen molar-refractivity contribution in [2.45, 2.75) is 437 Å². The van der Waals surface area contributed by atoms with Crippen molar-refractivity contribution in [3.8, 4) is 0 Å². The van der Waals surface area contributed by atoms with Crippen molar-refractivity contribution in [3.63, 3.8) is 0 Å². The van der Waals surface area contributed by atoms with Crippen LogP contribution in [0.1, 0.15) is 431 Å². The number of hydrogen-bond donors (Lipinski definition) is 2. The van der Waals surface area contributed by atoms with Crippen LogP contribution in [0.3, 0.4) is 0 Å². The first-order chi connectivity index (χ1) is 45.3. The van der Waals surface area contributed by atoms with Gasteiger partial charge in [0.2, 0.25) is 0 Å². The summed E-state index contributed by atoms with van der Waals surface area (Å²) in [7, 11) is -4.39. The SMILES string of the molecule is CC/C=C\C/C=C\C/C=C\C/C=C\CCCCCCCCCCCCCCCCCCCCCCCCCCC(=O)OC(COC(=O)CCCCCCCCCCCCCCCCCCCCCCCCCCCCCCCCCCCC)COP(=O)(O)OCCN. The zero-order chi connectivity index (χ0) is 66.5. The van der Waals surface area contributed by atoms with Crippen molar-refractivity contribution in [3.05, 3.63) is 48.6 Å². The van der Waals surface area contributed by atoms with Gasteiger partial charge in [-0.3, -0.25) is 18.6 Å². The summed E-state index contributed by atoms with van der Waals surface area (Å²) in [5.41, 5.74) is 5.42. The molecule has 0 radical (unpaired) electrons. The molecule has 2 unspecified atom stereocenters. The molecule has 0 aliphatic carbocycles. The monoisotopic (exact) mass is 1310 g/mol. The maximum atomic E-state index is 12.8. The first-order valence-corrected chi connectivity index (χ1v) is 42.1. The van der Waals surface area contributed by atoms with Crippen LogP contribution >= 0.6 is 7.82 Å². The third-order valence-electron chi connectivity index (χ3n) is 18.5. The average molecular weight is 1320 g/mol. The first-order valence-electron chi connectivity index (χ1n) is 40.6. The highest BCUT2D eigenvalue weighted by molar-refractivity contribution is 7.47. The number of carbonyl (C=O) groups excluding carboxylic acids is 2. The molecule has 0 aromatic rings. The van der Waals surface area contributed by atoms with Crippen LogP contribution in [0.4, 0.5) is 0 Å². The molecule has 0 fully saturated rings. The molecule has 92 heavy (non-hydrogen) atoms. The molecule has 0 saturated heterocycles. The molecule has 9 nitrogen and oxygen atoms in total. The maximum absolute atomic E-state index is 12.8. The third kappa shape index (κ3) is 77.0. The van der Waals surface area contributed by atoms with Gasteiger partial charge in [0.1, 0.15) is 6.61 Å². The zero-order valence-corrected chi connectivity index (χ0v) is 62.2. The van der Waals surface area contributed by atoms with Crippen molar-refractivity contribution in [1.29, 1.82) is 0 Å². The lowest BCUT2D eigenvalue weighted by Gasteiger charge is -2.19. The van der Waals surface area contributed by atoms with E-state index in [-0.39, 0.29) is 38.6 Å².